The Hall–Kier alpha value is -3.51. The summed E-state index contributed by atoms with van der Waals surface area (Å²) in [6.45, 7) is -0.0213. The molecule has 0 saturated carbocycles. The molecule has 21 heteroatoms. The summed E-state index contributed by atoms with van der Waals surface area (Å²) in [5.41, 5.74) is 24.5. The summed E-state index contributed by atoms with van der Waals surface area (Å²) in [6.07, 6.45) is -5.31. The number of carbonyl (C=O) groups is 1. The summed E-state index contributed by atoms with van der Waals surface area (Å²) in [7, 11) is 0. The molecule has 0 spiro atoms. The zero-order chi connectivity index (χ0) is 31.3. The number of amides is 1. The van der Waals surface area contributed by atoms with Gasteiger partial charge < -0.3 is 63.1 Å². The van der Waals surface area contributed by atoms with Gasteiger partial charge in [0.25, 0.3) is 0 Å². The molecule has 9 atom stereocenters. The maximum absolute atomic E-state index is 12.9. The van der Waals surface area contributed by atoms with Gasteiger partial charge in [0, 0.05) is 13.1 Å². The standard InChI is InChI=1S/C23H33N13O7S/c24-1-8-13(38)15(40)21(42-8)35-7-31-12-18(27)34(6-32-19(12)35)5-30-10(37)3-44-23-33-11-17(26)28-4-29-20(11)36(23)22-16(41)14(39)9(2-25)43-22/h4,6-9,13-16,18,21-22,38-41H,1-3,5,24-25,27H2,(H,30,37)(H2,26,28,29)/t8-,9-,13?,14?,15?,16?,18?,21-,22-/m1/s1. The van der Waals surface area contributed by atoms with Gasteiger partial charge in [-0.3, -0.25) is 13.9 Å². The van der Waals surface area contributed by atoms with Crippen molar-refractivity contribution in [2.45, 2.75) is 60.4 Å². The SMILES string of the molecule is NC[C@H]1O[C@@H](n2cnc3c2N=CN(CNC(=O)CSc2nc4c(N)ncnc4n2[C@@H]2O[C@H](CN)C(O)C2O)C3N)C(O)C1O. The zero-order valence-corrected chi connectivity index (χ0v) is 23.9. The van der Waals surface area contributed by atoms with Gasteiger partial charge in [-0.15, -0.1) is 0 Å². The van der Waals surface area contributed by atoms with Gasteiger partial charge >= 0.3 is 0 Å². The van der Waals surface area contributed by atoms with E-state index in [1.807, 2.05) is 0 Å². The highest BCUT2D eigenvalue weighted by Crippen LogP contribution is 2.38. The fourth-order valence-electron chi connectivity index (χ4n) is 5.28. The molecule has 3 aromatic heterocycles. The largest absolute Gasteiger partial charge is 0.387 e. The first-order valence-corrected chi connectivity index (χ1v) is 14.6. The van der Waals surface area contributed by atoms with Crippen molar-refractivity contribution in [2.24, 2.45) is 22.2 Å². The van der Waals surface area contributed by atoms with Gasteiger partial charge in [0.1, 0.15) is 54.8 Å². The number of rotatable bonds is 9. The van der Waals surface area contributed by atoms with Crippen LogP contribution in [0.3, 0.4) is 0 Å². The van der Waals surface area contributed by atoms with Gasteiger partial charge in [-0.05, 0) is 0 Å². The molecular formula is C23H33N13O7S. The number of hydrogen-bond acceptors (Lipinski definition) is 18. The number of nitrogens with one attached hydrogen (secondary N) is 1. The highest BCUT2D eigenvalue weighted by Gasteiger charge is 2.46. The summed E-state index contributed by atoms with van der Waals surface area (Å²) in [5, 5.41) is 44.7. The second-order valence-electron chi connectivity index (χ2n) is 10.4. The summed E-state index contributed by atoms with van der Waals surface area (Å²) in [5.74, 6) is -0.0666. The van der Waals surface area contributed by atoms with Crippen LogP contribution < -0.4 is 28.3 Å². The summed E-state index contributed by atoms with van der Waals surface area (Å²) < 4.78 is 14.4. The Balaban J connectivity index is 1.11. The summed E-state index contributed by atoms with van der Waals surface area (Å²) in [4.78, 5) is 35.8. The van der Waals surface area contributed by atoms with Crippen LogP contribution >= 0.6 is 11.8 Å². The number of aromatic nitrogens is 6. The molecule has 2 fully saturated rings. The predicted octanol–water partition coefficient (Wildman–Crippen LogP) is -4.44. The Bertz CT molecular complexity index is 1550. The second-order valence-corrected chi connectivity index (χ2v) is 11.3. The third-order valence-electron chi connectivity index (χ3n) is 7.69. The number of anilines is 1. The van der Waals surface area contributed by atoms with Gasteiger partial charge in [0.2, 0.25) is 5.91 Å². The first-order chi connectivity index (χ1) is 21.1. The minimum atomic E-state index is -1.34. The number of imidazole rings is 2. The number of aliphatic hydroxyl groups is 4. The van der Waals surface area contributed by atoms with Crippen LogP contribution in [0.2, 0.25) is 0 Å². The second kappa shape index (κ2) is 12.1. The van der Waals surface area contributed by atoms with Crippen LogP contribution in [-0.2, 0) is 14.3 Å². The molecule has 0 radical (unpaired) electrons. The Morgan fingerprint density at radius 1 is 1.00 bits per heavy atom. The van der Waals surface area contributed by atoms with Crippen molar-refractivity contribution >= 4 is 46.8 Å². The molecule has 44 heavy (non-hydrogen) atoms. The van der Waals surface area contributed by atoms with Crippen LogP contribution in [0.4, 0.5) is 11.6 Å². The van der Waals surface area contributed by atoms with Crippen molar-refractivity contribution < 1.29 is 34.7 Å². The molecule has 2 saturated heterocycles. The number of aliphatic hydroxyl groups excluding tert-OH is 4. The van der Waals surface area contributed by atoms with Crippen molar-refractivity contribution in [3.8, 4) is 0 Å². The van der Waals surface area contributed by atoms with Crippen molar-refractivity contribution in [1.29, 1.82) is 0 Å². The fraction of sp³-hybridized carbons (Fsp3) is 0.565. The first-order valence-electron chi connectivity index (χ1n) is 13.6. The van der Waals surface area contributed by atoms with Crippen LogP contribution in [0.15, 0.2) is 22.8 Å². The predicted molar refractivity (Wildman–Crippen MR) is 153 cm³/mol. The number of hydrogen-bond donors (Lipinski definition) is 9. The van der Waals surface area contributed by atoms with Crippen molar-refractivity contribution in [1.82, 2.24) is 39.3 Å². The molecule has 20 nitrogen and oxygen atoms in total. The lowest BCUT2D eigenvalue weighted by Crippen LogP contribution is -2.44. The fourth-order valence-corrected chi connectivity index (χ4v) is 6.13. The molecule has 0 aromatic carbocycles. The van der Waals surface area contributed by atoms with E-state index in [9.17, 15) is 25.2 Å². The first kappa shape index (κ1) is 30.5. The van der Waals surface area contributed by atoms with Gasteiger partial charge in [0.15, 0.2) is 40.4 Å². The van der Waals surface area contributed by atoms with Gasteiger partial charge in [-0.1, -0.05) is 11.8 Å². The summed E-state index contributed by atoms with van der Waals surface area (Å²) >= 11 is 1.03. The molecule has 6 rings (SSSR count). The van der Waals surface area contributed by atoms with Gasteiger partial charge in [-0.2, -0.15) is 0 Å². The summed E-state index contributed by atoms with van der Waals surface area (Å²) in [6, 6.07) is 0. The van der Waals surface area contributed by atoms with E-state index in [0.717, 1.165) is 11.8 Å². The Morgan fingerprint density at radius 2 is 1.68 bits per heavy atom. The smallest absolute Gasteiger partial charge is 0.231 e. The van der Waals surface area contributed by atoms with E-state index in [4.69, 9.17) is 32.4 Å². The number of aliphatic imine (C=N–C) groups is 1. The van der Waals surface area contributed by atoms with E-state index >= 15 is 0 Å². The minimum absolute atomic E-state index is 0.0173. The molecule has 238 valence electrons. The van der Waals surface area contributed by atoms with Gasteiger partial charge in [-0.25, -0.2) is 24.9 Å². The van der Waals surface area contributed by atoms with Crippen molar-refractivity contribution in [3.05, 3.63) is 18.3 Å². The number of nitrogens with zero attached hydrogens (tertiary/aromatic N) is 8. The zero-order valence-electron chi connectivity index (χ0n) is 23.1. The molecule has 5 unspecified atom stereocenters. The Morgan fingerprint density at radius 3 is 2.36 bits per heavy atom. The third kappa shape index (κ3) is 5.15. The lowest BCUT2D eigenvalue weighted by molar-refractivity contribution is -0.119. The number of ether oxygens (including phenoxy) is 2. The number of nitrogen functional groups attached to an aromatic ring is 1. The number of carbonyl (C=O) groups excluding carboxylic acids is 1. The minimum Gasteiger partial charge on any atom is -0.387 e. The van der Waals surface area contributed by atoms with Crippen LogP contribution in [0.25, 0.3) is 11.2 Å². The molecule has 3 aromatic rings. The average Bonchev–Trinajstić information content (AvgIpc) is 3.76. The van der Waals surface area contributed by atoms with E-state index < -0.39 is 55.2 Å². The van der Waals surface area contributed by atoms with E-state index in [-0.39, 0.29) is 53.6 Å². The third-order valence-corrected chi connectivity index (χ3v) is 8.65. The Labute approximate surface area is 253 Å². The maximum atomic E-state index is 12.9. The monoisotopic (exact) mass is 635 g/mol. The number of thioether (sulfide) groups is 1. The number of nitrogens with two attached hydrogens (primary N) is 4. The Kier molecular flexibility index (Phi) is 8.40. The van der Waals surface area contributed by atoms with Crippen molar-refractivity contribution in [3.63, 3.8) is 0 Å². The van der Waals surface area contributed by atoms with Crippen LogP contribution in [0.5, 0.6) is 0 Å². The highest BCUT2D eigenvalue weighted by atomic mass is 32.2. The number of fused-ring (bicyclic) bond motifs is 2. The molecular weight excluding hydrogens is 602 g/mol. The molecule has 13 N–H and O–H groups in total. The molecule has 0 bridgehead atoms. The van der Waals surface area contributed by atoms with Crippen LogP contribution in [0, 0.1) is 0 Å². The maximum Gasteiger partial charge on any atom is 0.231 e. The molecule has 3 aliphatic heterocycles. The normalized spacial score (nSPS) is 31.6. The molecule has 0 aliphatic carbocycles. The van der Waals surface area contributed by atoms with E-state index in [0.29, 0.717) is 11.5 Å². The molecule has 1 amide bonds. The molecule has 3 aliphatic rings. The van der Waals surface area contributed by atoms with Crippen LogP contribution in [-0.4, -0.2) is 129 Å². The quantitative estimate of drug-likeness (QED) is 0.100. The highest BCUT2D eigenvalue weighted by molar-refractivity contribution is 7.99. The van der Waals surface area contributed by atoms with E-state index in [1.165, 1.54) is 28.1 Å². The topological polar surface area (TPSA) is 310 Å². The van der Waals surface area contributed by atoms with Crippen molar-refractivity contribution in [2.75, 3.05) is 31.2 Å². The lowest BCUT2D eigenvalue weighted by atomic mass is 10.1. The van der Waals surface area contributed by atoms with Gasteiger partial charge in [0.05, 0.1) is 25.1 Å². The molecule has 6 heterocycles. The average molecular weight is 636 g/mol. The van der Waals surface area contributed by atoms with Crippen LogP contribution in [0.1, 0.15) is 24.3 Å². The lowest BCUT2D eigenvalue weighted by Gasteiger charge is -2.29. The van der Waals surface area contributed by atoms with E-state index in [2.05, 4.69) is 30.2 Å². The van der Waals surface area contributed by atoms with E-state index in [1.54, 1.807) is 4.90 Å².